The molecule has 0 radical (unpaired) electrons. The number of carbonyl (C=O) groups excluding carboxylic acids is 1. The Morgan fingerprint density at radius 2 is 1.71 bits per heavy atom. The molecule has 1 N–H and O–H groups in total. The Hall–Kier alpha value is -3.45. The van der Waals surface area contributed by atoms with Gasteiger partial charge in [-0.1, -0.05) is 37.3 Å². The molecule has 0 saturated carbocycles. The Morgan fingerprint density at radius 3 is 2.41 bits per heavy atom. The molecule has 0 spiro atoms. The molecule has 0 amide bonds. The highest BCUT2D eigenvalue weighted by atomic mass is 16.5. The molecular formula is C27H31N5O2. The highest BCUT2D eigenvalue weighted by Gasteiger charge is 2.30. The van der Waals surface area contributed by atoms with Gasteiger partial charge in [0, 0.05) is 44.8 Å². The van der Waals surface area contributed by atoms with Crippen molar-refractivity contribution in [2.75, 3.05) is 43.5 Å². The summed E-state index contributed by atoms with van der Waals surface area (Å²) in [6, 6.07) is 18.2. The average Bonchev–Trinajstić information content (AvgIpc) is 2.85. The number of fused-ring (bicyclic) bond motifs is 1. The lowest BCUT2D eigenvalue weighted by atomic mass is 9.87. The van der Waals surface area contributed by atoms with Gasteiger partial charge >= 0.3 is 0 Å². The zero-order chi connectivity index (χ0) is 23.5. The van der Waals surface area contributed by atoms with Gasteiger partial charge in [-0.25, -0.2) is 4.98 Å². The first kappa shape index (κ1) is 22.3. The second kappa shape index (κ2) is 9.81. The highest BCUT2D eigenvalue weighted by molar-refractivity contribution is 6.03. The molecule has 0 bridgehead atoms. The van der Waals surface area contributed by atoms with Crippen molar-refractivity contribution in [2.24, 2.45) is 5.92 Å². The fourth-order valence-corrected chi connectivity index (χ4v) is 4.75. The Labute approximate surface area is 200 Å². The van der Waals surface area contributed by atoms with Gasteiger partial charge < -0.3 is 15.0 Å². The van der Waals surface area contributed by atoms with Crippen LogP contribution in [0.15, 0.2) is 54.6 Å². The predicted octanol–water partition coefficient (Wildman–Crippen LogP) is 4.32. The topological polar surface area (TPSA) is 70.6 Å². The van der Waals surface area contributed by atoms with E-state index in [0.717, 1.165) is 56.3 Å². The summed E-state index contributed by atoms with van der Waals surface area (Å²) in [5.41, 5.74) is 3.70. The largest absolute Gasteiger partial charge is 0.497 e. The van der Waals surface area contributed by atoms with Crippen LogP contribution in [-0.4, -0.2) is 53.9 Å². The molecule has 5 rings (SSSR count). The summed E-state index contributed by atoms with van der Waals surface area (Å²) in [5, 5.41) is 3.38. The molecule has 1 aliphatic carbocycles. The van der Waals surface area contributed by atoms with Crippen molar-refractivity contribution in [1.82, 2.24) is 14.9 Å². The first-order valence-electron chi connectivity index (χ1n) is 12.0. The van der Waals surface area contributed by atoms with E-state index in [1.165, 1.54) is 5.56 Å². The molecule has 1 aromatic heterocycles. The lowest BCUT2D eigenvalue weighted by molar-refractivity contribution is 0.0952. The summed E-state index contributed by atoms with van der Waals surface area (Å²) in [6.07, 6.45) is 1.33. The van der Waals surface area contributed by atoms with Crippen LogP contribution in [0.4, 0.5) is 17.5 Å². The van der Waals surface area contributed by atoms with Gasteiger partial charge in [-0.15, -0.1) is 0 Å². The van der Waals surface area contributed by atoms with E-state index in [9.17, 15) is 4.79 Å². The average molecular weight is 458 g/mol. The number of ether oxygens (including phenoxy) is 1. The number of ketones is 1. The normalized spacial score (nSPS) is 18.5. The van der Waals surface area contributed by atoms with Gasteiger partial charge in [-0.3, -0.25) is 9.69 Å². The van der Waals surface area contributed by atoms with Crippen molar-refractivity contribution in [3.05, 3.63) is 71.4 Å². The Balaban J connectivity index is 1.37. The second-order valence-electron chi connectivity index (χ2n) is 9.23. The van der Waals surface area contributed by atoms with Crippen LogP contribution in [0.1, 0.15) is 35.0 Å². The summed E-state index contributed by atoms with van der Waals surface area (Å²) in [5.74, 6) is 2.50. The predicted molar refractivity (Wildman–Crippen MR) is 134 cm³/mol. The SMILES string of the molecule is COc1ccc(Nc2nc(N3CCN(Cc4ccccc4)CC3)nc3c2C(=O)CC(C)C3)cc1. The maximum atomic E-state index is 13.0. The number of rotatable bonds is 6. The van der Waals surface area contributed by atoms with Crippen LogP contribution in [0, 0.1) is 5.92 Å². The third-order valence-electron chi connectivity index (χ3n) is 6.58. The number of nitrogens with zero attached hydrogens (tertiary/aromatic N) is 4. The maximum Gasteiger partial charge on any atom is 0.227 e. The highest BCUT2D eigenvalue weighted by Crippen LogP contribution is 2.32. The van der Waals surface area contributed by atoms with E-state index in [-0.39, 0.29) is 5.78 Å². The lowest BCUT2D eigenvalue weighted by Gasteiger charge is -2.35. The van der Waals surface area contributed by atoms with Gasteiger partial charge in [0.2, 0.25) is 5.95 Å². The number of hydrogen-bond donors (Lipinski definition) is 1. The van der Waals surface area contributed by atoms with Gasteiger partial charge in [0.15, 0.2) is 5.78 Å². The molecule has 2 aliphatic rings. The summed E-state index contributed by atoms with van der Waals surface area (Å²) in [4.78, 5) is 27.4. The number of carbonyl (C=O) groups is 1. The first-order valence-corrected chi connectivity index (χ1v) is 12.0. The molecule has 3 aromatic rings. The van der Waals surface area contributed by atoms with Crippen LogP contribution >= 0.6 is 0 Å². The smallest absolute Gasteiger partial charge is 0.227 e. The summed E-state index contributed by atoms with van der Waals surface area (Å²) < 4.78 is 5.27. The summed E-state index contributed by atoms with van der Waals surface area (Å²) in [7, 11) is 1.65. The number of piperazine rings is 1. The Bertz CT molecular complexity index is 1140. The van der Waals surface area contributed by atoms with E-state index in [1.807, 2.05) is 24.3 Å². The fourth-order valence-electron chi connectivity index (χ4n) is 4.75. The van der Waals surface area contributed by atoms with Crippen LogP contribution in [0.3, 0.4) is 0 Å². The van der Waals surface area contributed by atoms with Gasteiger partial charge in [-0.05, 0) is 42.2 Å². The Kier molecular flexibility index (Phi) is 6.45. The molecule has 1 atom stereocenters. The van der Waals surface area contributed by atoms with E-state index in [2.05, 4.69) is 52.4 Å². The molecule has 1 saturated heterocycles. The number of nitrogens with one attached hydrogen (secondary N) is 1. The minimum atomic E-state index is 0.115. The third kappa shape index (κ3) is 4.89. The van der Waals surface area contributed by atoms with Crippen LogP contribution < -0.4 is 15.0 Å². The minimum Gasteiger partial charge on any atom is -0.497 e. The molecule has 2 heterocycles. The first-order chi connectivity index (χ1) is 16.6. The van der Waals surface area contributed by atoms with Crippen LogP contribution in [-0.2, 0) is 13.0 Å². The number of hydrogen-bond acceptors (Lipinski definition) is 7. The van der Waals surface area contributed by atoms with E-state index in [4.69, 9.17) is 14.7 Å². The van der Waals surface area contributed by atoms with E-state index in [1.54, 1.807) is 7.11 Å². The van der Waals surface area contributed by atoms with Crippen molar-refractivity contribution in [3.63, 3.8) is 0 Å². The molecule has 1 aliphatic heterocycles. The van der Waals surface area contributed by atoms with Crippen molar-refractivity contribution in [3.8, 4) is 5.75 Å². The monoisotopic (exact) mass is 457 g/mol. The molecule has 7 nitrogen and oxygen atoms in total. The van der Waals surface area contributed by atoms with Crippen molar-refractivity contribution in [2.45, 2.75) is 26.3 Å². The number of Topliss-reactive ketones (excluding diaryl/α,β-unsaturated/α-hetero) is 1. The van der Waals surface area contributed by atoms with Crippen molar-refractivity contribution < 1.29 is 9.53 Å². The number of methoxy groups -OCH3 is 1. The van der Waals surface area contributed by atoms with Crippen molar-refractivity contribution in [1.29, 1.82) is 0 Å². The van der Waals surface area contributed by atoms with Gasteiger partial charge in [0.1, 0.15) is 11.6 Å². The van der Waals surface area contributed by atoms with Gasteiger partial charge in [-0.2, -0.15) is 4.98 Å². The lowest BCUT2D eigenvalue weighted by Crippen LogP contribution is -2.46. The van der Waals surface area contributed by atoms with E-state index >= 15 is 0 Å². The number of benzene rings is 2. The second-order valence-corrected chi connectivity index (χ2v) is 9.23. The van der Waals surface area contributed by atoms with Gasteiger partial charge in [0.05, 0.1) is 18.4 Å². The quantitative estimate of drug-likeness (QED) is 0.591. The molecule has 176 valence electrons. The fraction of sp³-hybridized carbons (Fsp3) is 0.370. The molecule has 1 unspecified atom stereocenters. The van der Waals surface area contributed by atoms with Crippen LogP contribution in [0.2, 0.25) is 0 Å². The summed E-state index contributed by atoms with van der Waals surface area (Å²) in [6.45, 7) is 6.68. The number of anilines is 3. The molecular weight excluding hydrogens is 426 g/mol. The minimum absolute atomic E-state index is 0.115. The Morgan fingerprint density at radius 1 is 0.971 bits per heavy atom. The van der Waals surface area contributed by atoms with Crippen molar-refractivity contribution >= 4 is 23.2 Å². The maximum absolute atomic E-state index is 13.0. The zero-order valence-corrected chi connectivity index (χ0v) is 19.8. The van der Waals surface area contributed by atoms with Crippen LogP contribution in [0.25, 0.3) is 0 Å². The molecule has 34 heavy (non-hydrogen) atoms. The van der Waals surface area contributed by atoms with E-state index < -0.39 is 0 Å². The number of aromatic nitrogens is 2. The third-order valence-corrected chi connectivity index (χ3v) is 6.58. The van der Waals surface area contributed by atoms with E-state index in [0.29, 0.717) is 29.7 Å². The zero-order valence-electron chi connectivity index (χ0n) is 19.8. The molecule has 1 fully saturated rings. The van der Waals surface area contributed by atoms with Gasteiger partial charge in [0.25, 0.3) is 0 Å². The standard InChI is InChI=1S/C27H31N5O2/c1-19-16-23-25(24(33)17-19)26(28-21-8-10-22(34-2)11-9-21)30-27(29-23)32-14-12-31(13-15-32)18-20-6-4-3-5-7-20/h3-11,19H,12-18H2,1-2H3,(H,28,29,30). The molecule has 7 heteroatoms. The van der Waals surface area contributed by atoms with Crippen LogP contribution in [0.5, 0.6) is 5.75 Å². The summed E-state index contributed by atoms with van der Waals surface area (Å²) >= 11 is 0. The molecule has 2 aromatic carbocycles.